The number of carbonyl (C=O) groups is 2. The number of rotatable bonds is 3. The lowest BCUT2D eigenvalue weighted by Gasteiger charge is -2.35. The minimum absolute atomic E-state index is 0.202. The Hall–Kier alpha value is -1.44. The van der Waals surface area contributed by atoms with E-state index in [9.17, 15) is 14.7 Å². The Morgan fingerprint density at radius 1 is 1.24 bits per heavy atom. The summed E-state index contributed by atoms with van der Waals surface area (Å²) in [6, 6.07) is 1.46. The van der Waals surface area contributed by atoms with Gasteiger partial charge < -0.3 is 10.4 Å². The fourth-order valence-electron chi connectivity index (χ4n) is 2.29. The van der Waals surface area contributed by atoms with Crippen molar-refractivity contribution >= 4 is 63.5 Å². The predicted octanol–water partition coefficient (Wildman–Crippen LogP) is 3.19. The normalized spacial score (nSPS) is 16.5. The Balaban J connectivity index is 2.01. The highest BCUT2D eigenvalue weighted by atomic mass is 35.5. The van der Waals surface area contributed by atoms with Crippen molar-refractivity contribution in [1.82, 2.24) is 8.75 Å². The van der Waals surface area contributed by atoms with Gasteiger partial charge in [0.05, 0.1) is 27.5 Å². The number of anilines is 1. The number of carboxylic acids is 1. The molecule has 1 fully saturated rings. The number of benzene rings is 1. The van der Waals surface area contributed by atoms with Gasteiger partial charge in [-0.3, -0.25) is 9.59 Å². The third kappa shape index (κ3) is 2.16. The van der Waals surface area contributed by atoms with Crippen molar-refractivity contribution in [2.45, 2.75) is 19.3 Å². The molecule has 0 aliphatic heterocycles. The Bertz CT molecular complexity index is 758. The van der Waals surface area contributed by atoms with Crippen LogP contribution in [-0.2, 0) is 9.59 Å². The highest BCUT2D eigenvalue weighted by Crippen LogP contribution is 2.43. The highest BCUT2D eigenvalue weighted by Gasteiger charge is 2.51. The fourth-order valence-corrected chi connectivity index (χ4v) is 3.45. The molecule has 3 rings (SSSR count). The molecule has 110 valence electrons. The van der Waals surface area contributed by atoms with Crippen LogP contribution in [0, 0.1) is 5.41 Å². The van der Waals surface area contributed by atoms with E-state index in [0.717, 1.165) is 11.7 Å². The summed E-state index contributed by atoms with van der Waals surface area (Å²) in [5, 5.41) is 12.4. The molecule has 0 bridgehead atoms. The average molecular weight is 346 g/mol. The van der Waals surface area contributed by atoms with Crippen LogP contribution in [0.15, 0.2) is 6.07 Å². The van der Waals surface area contributed by atoms with Gasteiger partial charge in [-0.05, 0) is 18.9 Å². The topological polar surface area (TPSA) is 92.2 Å². The van der Waals surface area contributed by atoms with E-state index >= 15 is 0 Å². The van der Waals surface area contributed by atoms with Gasteiger partial charge in [-0.1, -0.05) is 29.6 Å². The third-order valence-electron chi connectivity index (χ3n) is 3.73. The molecule has 2 N–H and O–H groups in total. The molecule has 6 nitrogen and oxygen atoms in total. The molecular formula is C12H9Cl2N3O3S. The summed E-state index contributed by atoms with van der Waals surface area (Å²) in [6.07, 6.45) is 1.34. The zero-order valence-corrected chi connectivity index (χ0v) is 12.8. The number of aromatic nitrogens is 2. The fraction of sp³-hybridized carbons (Fsp3) is 0.333. The standard InChI is InChI=1S/C12H9Cl2N3O3S/c13-5-4-6(14)8-9(17-21-16-8)7(5)15-10(18)12(11(19)20)2-1-3-12/h4H,1-3H2,(H,15,18)(H,19,20). The van der Waals surface area contributed by atoms with Crippen LogP contribution < -0.4 is 5.32 Å². The molecule has 1 aliphatic rings. The molecule has 1 aromatic heterocycles. The van der Waals surface area contributed by atoms with Crippen LogP contribution in [0.4, 0.5) is 5.69 Å². The van der Waals surface area contributed by atoms with Crippen molar-refractivity contribution in [3.63, 3.8) is 0 Å². The maximum absolute atomic E-state index is 12.3. The summed E-state index contributed by atoms with van der Waals surface area (Å²) in [5.41, 5.74) is -0.328. The maximum atomic E-state index is 12.3. The minimum Gasteiger partial charge on any atom is -0.480 e. The lowest BCUT2D eigenvalue weighted by atomic mass is 9.68. The van der Waals surface area contributed by atoms with E-state index in [2.05, 4.69) is 14.1 Å². The number of halogens is 2. The van der Waals surface area contributed by atoms with Crippen LogP contribution in [0.3, 0.4) is 0 Å². The van der Waals surface area contributed by atoms with E-state index in [1.54, 1.807) is 0 Å². The van der Waals surface area contributed by atoms with Crippen molar-refractivity contribution in [1.29, 1.82) is 0 Å². The van der Waals surface area contributed by atoms with E-state index in [0.29, 0.717) is 35.3 Å². The van der Waals surface area contributed by atoms with Gasteiger partial charge in [0.2, 0.25) is 5.91 Å². The number of aliphatic carboxylic acids is 1. The van der Waals surface area contributed by atoms with Crippen molar-refractivity contribution in [3.05, 3.63) is 16.1 Å². The maximum Gasteiger partial charge on any atom is 0.319 e. The first-order valence-electron chi connectivity index (χ1n) is 6.11. The second kappa shape index (κ2) is 5.08. The first-order valence-corrected chi connectivity index (χ1v) is 7.59. The number of carbonyl (C=O) groups excluding carboxylic acids is 1. The molecule has 1 heterocycles. The molecule has 0 unspecified atom stereocenters. The van der Waals surface area contributed by atoms with E-state index in [1.807, 2.05) is 0 Å². The van der Waals surface area contributed by atoms with Gasteiger partial charge in [0.25, 0.3) is 0 Å². The summed E-state index contributed by atoms with van der Waals surface area (Å²) in [5.74, 6) is -1.70. The monoisotopic (exact) mass is 345 g/mol. The number of amides is 1. The third-order valence-corrected chi connectivity index (χ3v) is 4.85. The van der Waals surface area contributed by atoms with E-state index in [1.165, 1.54) is 6.07 Å². The van der Waals surface area contributed by atoms with E-state index < -0.39 is 17.3 Å². The average Bonchev–Trinajstić information content (AvgIpc) is 2.81. The Labute approximate surface area is 133 Å². The second-order valence-corrected chi connectivity index (χ2v) is 6.21. The van der Waals surface area contributed by atoms with Gasteiger partial charge in [-0.15, -0.1) is 0 Å². The molecule has 0 radical (unpaired) electrons. The smallest absolute Gasteiger partial charge is 0.319 e. The van der Waals surface area contributed by atoms with Crippen LogP contribution in [0.2, 0.25) is 10.0 Å². The SMILES string of the molecule is O=C(O)C1(C(=O)Nc2c(Cl)cc(Cl)c3nsnc23)CCC1. The molecule has 1 aliphatic carbocycles. The molecule has 0 spiro atoms. The number of nitrogens with zero attached hydrogens (tertiary/aromatic N) is 2. The number of hydrogen-bond acceptors (Lipinski definition) is 5. The van der Waals surface area contributed by atoms with Gasteiger partial charge in [-0.2, -0.15) is 8.75 Å². The lowest BCUT2D eigenvalue weighted by molar-refractivity contribution is -0.159. The quantitative estimate of drug-likeness (QED) is 0.833. The molecule has 9 heteroatoms. The zero-order valence-electron chi connectivity index (χ0n) is 10.5. The van der Waals surface area contributed by atoms with E-state index in [-0.39, 0.29) is 10.7 Å². The van der Waals surface area contributed by atoms with Crippen LogP contribution in [-0.4, -0.2) is 25.7 Å². The molecule has 0 atom stereocenters. The molecule has 0 saturated heterocycles. The summed E-state index contributed by atoms with van der Waals surface area (Å²) in [6.45, 7) is 0. The van der Waals surface area contributed by atoms with Crippen molar-refractivity contribution in [2.24, 2.45) is 5.41 Å². The summed E-state index contributed by atoms with van der Waals surface area (Å²) < 4.78 is 8.09. The van der Waals surface area contributed by atoms with Gasteiger partial charge >= 0.3 is 5.97 Å². The predicted molar refractivity (Wildman–Crippen MR) is 80.0 cm³/mol. The second-order valence-electron chi connectivity index (χ2n) is 4.87. The van der Waals surface area contributed by atoms with Crippen molar-refractivity contribution in [3.8, 4) is 0 Å². The van der Waals surface area contributed by atoms with Gasteiger partial charge in [0.15, 0.2) is 0 Å². The largest absolute Gasteiger partial charge is 0.480 e. The van der Waals surface area contributed by atoms with Crippen LogP contribution in [0.5, 0.6) is 0 Å². The summed E-state index contributed by atoms with van der Waals surface area (Å²) in [7, 11) is 0. The van der Waals surface area contributed by atoms with Gasteiger partial charge in [0, 0.05) is 0 Å². The molecule has 21 heavy (non-hydrogen) atoms. The van der Waals surface area contributed by atoms with Crippen LogP contribution >= 0.6 is 34.9 Å². The van der Waals surface area contributed by atoms with E-state index in [4.69, 9.17) is 23.2 Å². The van der Waals surface area contributed by atoms with Gasteiger partial charge in [0.1, 0.15) is 16.4 Å². The molecule has 1 aromatic carbocycles. The zero-order chi connectivity index (χ0) is 15.2. The van der Waals surface area contributed by atoms with Gasteiger partial charge in [-0.25, -0.2) is 0 Å². The number of fused-ring (bicyclic) bond motifs is 1. The summed E-state index contributed by atoms with van der Waals surface area (Å²) >= 11 is 13.0. The Kier molecular flexibility index (Phi) is 3.51. The lowest BCUT2D eigenvalue weighted by Crippen LogP contribution is -2.48. The van der Waals surface area contributed by atoms with Crippen LogP contribution in [0.25, 0.3) is 11.0 Å². The molecule has 1 saturated carbocycles. The summed E-state index contributed by atoms with van der Waals surface area (Å²) in [4.78, 5) is 23.7. The molecular weight excluding hydrogens is 337 g/mol. The first kappa shape index (κ1) is 14.5. The highest BCUT2D eigenvalue weighted by molar-refractivity contribution is 7.00. The Morgan fingerprint density at radius 2 is 1.90 bits per heavy atom. The van der Waals surface area contributed by atoms with Crippen LogP contribution in [0.1, 0.15) is 19.3 Å². The number of nitrogens with one attached hydrogen (secondary N) is 1. The van der Waals surface area contributed by atoms with Crippen molar-refractivity contribution in [2.75, 3.05) is 5.32 Å². The Morgan fingerprint density at radius 3 is 2.48 bits per heavy atom. The number of carboxylic acid groups (broad SMARTS) is 1. The van der Waals surface area contributed by atoms with Crippen molar-refractivity contribution < 1.29 is 14.7 Å². The minimum atomic E-state index is -1.38. The number of hydrogen-bond donors (Lipinski definition) is 2. The molecule has 2 aromatic rings. The molecule has 1 amide bonds. The first-order chi connectivity index (χ1) is 9.95.